The molecule has 1 saturated heterocycles. The first-order valence-corrected chi connectivity index (χ1v) is 10.4. The Morgan fingerprint density at radius 3 is 2.45 bits per heavy atom. The van der Waals surface area contributed by atoms with Crippen molar-refractivity contribution in [2.75, 3.05) is 27.2 Å². The number of urea groups is 1. The molecule has 164 valence electrons. The van der Waals surface area contributed by atoms with Gasteiger partial charge in [0.2, 0.25) is 5.96 Å². The smallest absolute Gasteiger partial charge is 0.328 e. The van der Waals surface area contributed by atoms with Gasteiger partial charge >= 0.3 is 12.0 Å². The topological polar surface area (TPSA) is 85.8 Å². The molecule has 1 aromatic carbocycles. The van der Waals surface area contributed by atoms with E-state index >= 15 is 0 Å². The fourth-order valence-electron chi connectivity index (χ4n) is 4.34. The molecule has 9 nitrogen and oxygen atoms in total. The Morgan fingerprint density at radius 2 is 1.77 bits per heavy atom. The molecule has 3 heterocycles. The lowest BCUT2D eigenvalue weighted by molar-refractivity contribution is -0.142. The second-order valence-electron chi connectivity index (χ2n) is 7.93. The number of guanidine groups is 1. The van der Waals surface area contributed by atoms with Crippen molar-refractivity contribution in [3.8, 4) is 0 Å². The van der Waals surface area contributed by atoms with Crippen LogP contribution in [0.1, 0.15) is 25.8 Å². The molecule has 9 heteroatoms. The van der Waals surface area contributed by atoms with Crippen molar-refractivity contribution in [2.45, 2.75) is 38.9 Å². The van der Waals surface area contributed by atoms with Crippen molar-refractivity contribution in [1.29, 1.82) is 0 Å². The van der Waals surface area contributed by atoms with Gasteiger partial charge in [0.1, 0.15) is 0 Å². The minimum Gasteiger partial charge on any atom is -0.469 e. The predicted octanol–water partition coefficient (Wildman–Crippen LogP) is 1.62. The van der Waals surface area contributed by atoms with E-state index in [0.29, 0.717) is 5.96 Å². The molecule has 3 aliphatic heterocycles. The van der Waals surface area contributed by atoms with Crippen LogP contribution in [0, 0.1) is 0 Å². The van der Waals surface area contributed by atoms with Crippen LogP contribution in [0.4, 0.5) is 4.79 Å². The van der Waals surface area contributed by atoms with Gasteiger partial charge in [-0.25, -0.2) is 9.79 Å². The van der Waals surface area contributed by atoms with Crippen molar-refractivity contribution >= 4 is 23.9 Å². The maximum absolute atomic E-state index is 13.3. The monoisotopic (exact) mass is 425 g/mol. The molecule has 0 aliphatic carbocycles. The third-order valence-electron chi connectivity index (χ3n) is 6.24. The Bertz CT molecular complexity index is 973. The van der Waals surface area contributed by atoms with Crippen molar-refractivity contribution < 1.29 is 19.1 Å². The number of benzene rings is 1. The summed E-state index contributed by atoms with van der Waals surface area (Å²) >= 11 is 0. The molecule has 3 amide bonds. The Hall–Kier alpha value is -3.36. The standard InChI is InChI=1S/C22H27N5O4/c1-14-15(2)27-18-19(23-21(27)25(14)12-10-16-8-6-5-7-9-16)24(3)22(30)26(20(18)29)13-11-17(28)31-4/h5-9,18-19H,10-13H2,1-4H3. The number of carbonyl (C=O) groups excluding carboxylic acids is 3. The molecule has 0 N–H and O–H groups in total. The summed E-state index contributed by atoms with van der Waals surface area (Å²) in [5.41, 5.74) is 3.21. The molecule has 2 atom stereocenters. The van der Waals surface area contributed by atoms with Crippen molar-refractivity contribution in [3.63, 3.8) is 0 Å². The summed E-state index contributed by atoms with van der Waals surface area (Å²) in [6, 6.07) is 9.12. The zero-order valence-corrected chi connectivity index (χ0v) is 18.2. The average molecular weight is 425 g/mol. The fourth-order valence-corrected chi connectivity index (χ4v) is 4.34. The Morgan fingerprint density at radius 1 is 1.06 bits per heavy atom. The largest absolute Gasteiger partial charge is 0.469 e. The molecule has 2 unspecified atom stereocenters. The number of allylic oxidation sites excluding steroid dienone is 2. The van der Waals surface area contributed by atoms with Gasteiger partial charge in [0, 0.05) is 31.5 Å². The van der Waals surface area contributed by atoms with Crippen LogP contribution in [0.2, 0.25) is 0 Å². The van der Waals surface area contributed by atoms with Crippen molar-refractivity contribution in [2.24, 2.45) is 4.99 Å². The maximum Gasteiger partial charge on any atom is 0.328 e. The number of rotatable bonds is 6. The van der Waals surface area contributed by atoms with Crippen LogP contribution in [0.5, 0.6) is 0 Å². The van der Waals surface area contributed by atoms with Gasteiger partial charge in [-0.05, 0) is 25.8 Å². The molecule has 3 aliphatic rings. The number of hydrogen-bond acceptors (Lipinski definition) is 7. The number of carbonyl (C=O) groups is 3. The van der Waals surface area contributed by atoms with E-state index in [0.717, 1.165) is 29.3 Å². The highest BCUT2D eigenvalue weighted by Crippen LogP contribution is 2.37. The van der Waals surface area contributed by atoms with E-state index in [4.69, 9.17) is 4.99 Å². The SMILES string of the molecule is COC(=O)CCN1C(=O)C2C(N=C3N(CCc4ccccc4)C(C)=C(C)N32)N(C)C1=O. The molecule has 0 aromatic heterocycles. The number of likely N-dealkylation sites (N-methyl/N-ethyl adjacent to an activating group) is 1. The number of methoxy groups -OCH3 is 1. The molecule has 31 heavy (non-hydrogen) atoms. The minimum atomic E-state index is -0.632. The summed E-state index contributed by atoms with van der Waals surface area (Å²) in [6.45, 7) is 4.70. The average Bonchev–Trinajstić information content (AvgIpc) is 3.27. The molecule has 0 bridgehead atoms. The summed E-state index contributed by atoms with van der Waals surface area (Å²) in [5, 5.41) is 0. The number of ether oxygens (including phenoxy) is 1. The third-order valence-corrected chi connectivity index (χ3v) is 6.24. The van der Waals surface area contributed by atoms with Crippen LogP contribution in [-0.2, 0) is 20.7 Å². The van der Waals surface area contributed by atoms with Crippen molar-refractivity contribution in [1.82, 2.24) is 19.6 Å². The van der Waals surface area contributed by atoms with E-state index in [-0.39, 0.29) is 18.9 Å². The van der Waals surface area contributed by atoms with Gasteiger partial charge in [0.25, 0.3) is 5.91 Å². The number of fused-ring (bicyclic) bond motifs is 3. The predicted molar refractivity (Wildman–Crippen MR) is 114 cm³/mol. The van der Waals surface area contributed by atoms with E-state index in [1.807, 2.05) is 36.9 Å². The number of imide groups is 1. The van der Waals surface area contributed by atoms with Gasteiger partial charge in [-0.2, -0.15) is 0 Å². The molecule has 0 spiro atoms. The van der Waals surface area contributed by atoms with Crippen LogP contribution in [0.25, 0.3) is 0 Å². The van der Waals surface area contributed by atoms with E-state index in [2.05, 4.69) is 21.8 Å². The lowest BCUT2D eigenvalue weighted by atomic mass is 10.1. The van der Waals surface area contributed by atoms with E-state index in [1.54, 1.807) is 7.05 Å². The van der Waals surface area contributed by atoms with Crippen molar-refractivity contribution in [3.05, 3.63) is 47.3 Å². The fraction of sp³-hybridized carbons (Fsp3) is 0.455. The Labute approximate surface area is 181 Å². The van der Waals surface area contributed by atoms with Crippen LogP contribution in [0.3, 0.4) is 0 Å². The summed E-state index contributed by atoms with van der Waals surface area (Å²) in [5.74, 6) is -0.106. The number of aliphatic imine (C=N–C) groups is 1. The number of amides is 3. The molecular weight excluding hydrogens is 398 g/mol. The van der Waals surface area contributed by atoms with Gasteiger partial charge in [-0.1, -0.05) is 30.3 Å². The first-order valence-electron chi connectivity index (χ1n) is 10.4. The zero-order chi connectivity index (χ0) is 22.3. The first kappa shape index (κ1) is 20.9. The van der Waals surface area contributed by atoms with Crippen LogP contribution >= 0.6 is 0 Å². The summed E-state index contributed by atoms with van der Waals surface area (Å²) in [4.78, 5) is 49.1. The van der Waals surface area contributed by atoms with E-state index < -0.39 is 24.2 Å². The minimum absolute atomic E-state index is 0.0134. The number of hydrogen-bond donors (Lipinski definition) is 0. The van der Waals surface area contributed by atoms with Crippen LogP contribution in [0.15, 0.2) is 46.7 Å². The van der Waals surface area contributed by atoms with E-state index in [9.17, 15) is 14.4 Å². The molecule has 0 saturated carbocycles. The molecule has 1 fully saturated rings. The summed E-state index contributed by atoms with van der Waals surface area (Å²) < 4.78 is 4.65. The summed E-state index contributed by atoms with van der Waals surface area (Å²) in [6.07, 6.45) is 0.206. The highest BCUT2D eigenvalue weighted by molar-refractivity contribution is 6.05. The van der Waals surface area contributed by atoms with Gasteiger partial charge < -0.3 is 14.5 Å². The lowest BCUT2D eigenvalue weighted by Crippen LogP contribution is -2.64. The van der Waals surface area contributed by atoms with Crippen LogP contribution < -0.4 is 0 Å². The molecule has 1 aromatic rings. The van der Waals surface area contributed by atoms with E-state index in [1.165, 1.54) is 17.6 Å². The maximum atomic E-state index is 13.3. The number of esters is 1. The number of nitrogens with zero attached hydrogens (tertiary/aromatic N) is 5. The summed E-state index contributed by atoms with van der Waals surface area (Å²) in [7, 11) is 2.93. The highest BCUT2D eigenvalue weighted by Gasteiger charge is 2.55. The third kappa shape index (κ3) is 3.43. The van der Waals surface area contributed by atoms with Gasteiger partial charge in [0.05, 0.1) is 13.5 Å². The lowest BCUT2D eigenvalue weighted by Gasteiger charge is -2.40. The Kier molecular flexibility index (Phi) is 5.43. The zero-order valence-electron chi connectivity index (χ0n) is 18.2. The van der Waals surface area contributed by atoms with Gasteiger partial charge in [-0.15, -0.1) is 0 Å². The van der Waals surface area contributed by atoms with Gasteiger partial charge in [0.15, 0.2) is 12.2 Å². The van der Waals surface area contributed by atoms with Gasteiger partial charge in [-0.3, -0.25) is 19.4 Å². The second-order valence-corrected chi connectivity index (χ2v) is 7.93. The second kappa shape index (κ2) is 8.05. The normalized spacial score (nSPS) is 22.8. The molecule has 0 radical (unpaired) electrons. The Balaban J connectivity index is 1.57. The first-order chi connectivity index (χ1) is 14.8. The van der Waals surface area contributed by atoms with Crippen LogP contribution in [-0.4, -0.2) is 82.9 Å². The highest BCUT2D eigenvalue weighted by atomic mass is 16.5. The quantitative estimate of drug-likeness (QED) is 0.644. The molecule has 4 rings (SSSR count). The molecular formula is C22H27N5O4.